The van der Waals surface area contributed by atoms with Gasteiger partial charge in [0, 0.05) is 36.7 Å². The Hall–Kier alpha value is -1.09. The molecule has 3 heteroatoms. The van der Waals surface area contributed by atoms with E-state index in [9.17, 15) is 0 Å². The molecule has 1 unspecified atom stereocenters. The van der Waals surface area contributed by atoms with E-state index in [0.717, 1.165) is 18.8 Å². The molecule has 2 heterocycles. The van der Waals surface area contributed by atoms with Crippen LogP contribution >= 0.6 is 0 Å². The predicted molar refractivity (Wildman–Crippen MR) is 72.5 cm³/mol. The minimum Gasteiger partial charge on any atom is -0.370 e. The van der Waals surface area contributed by atoms with Crippen LogP contribution in [0.3, 0.4) is 0 Å². The van der Waals surface area contributed by atoms with Crippen LogP contribution in [-0.2, 0) is 0 Å². The first-order valence-electron chi connectivity index (χ1n) is 6.70. The van der Waals surface area contributed by atoms with Gasteiger partial charge in [-0.3, -0.25) is 4.98 Å². The molecule has 1 saturated heterocycles. The molecule has 1 aliphatic rings. The molecule has 0 spiro atoms. The van der Waals surface area contributed by atoms with Crippen LogP contribution in [0.25, 0.3) is 0 Å². The Bertz CT molecular complexity index is 345. The smallest absolute Gasteiger partial charge is 0.0400 e. The zero-order valence-corrected chi connectivity index (χ0v) is 10.9. The first kappa shape index (κ1) is 12.4. The van der Waals surface area contributed by atoms with Gasteiger partial charge >= 0.3 is 0 Å². The van der Waals surface area contributed by atoms with Gasteiger partial charge in [0.05, 0.1) is 0 Å². The van der Waals surface area contributed by atoms with E-state index in [1.165, 1.54) is 31.5 Å². The molecule has 2 rings (SSSR count). The van der Waals surface area contributed by atoms with Crippen molar-refractivity contribution >= 4 is 5.69 Å². The molecule has 0 aromatic carbocycles. The van der Waals surface area contributed by atoms with Gasteiger partial charge in [-0.1, -0.05) is 6.42 Å². The average molecular weight is 233 g/mol. The molecule has 1 aromatic heterocycles. The maximum Gasteiger partial charge on any atom is 0.0400 e. The normalized spacial score (nSPS) is 20.2. The SMILES string of the molecule is CCN(CC1CCCCN1)c1ccnc(C)c1. The lowest BCUT2D eigenvalue weighted by Crippen LogP contribution is -2.43. The van der Waals surface area contributed by atoms with Crippen LogP contribution in [0.4, 0.5) is 5.69 Å². The number of likely N-dealkylation sites (N-methyl/N-ethyl adjacent to an activating group) is 1. The summed E-state index contributed by atoms with van der Waals surface area (Å²) in [4.78, 5) is 6.70. The number of aromatic nitrogens is 1. The Balaban J connectivity index is 2.00. The van der Waals surface area contributed by atoms with Crippen molar-refractivity contribution in [2.45, 2.75) is 39.2 Å². The van der Waals surface area contributed by atoms with Crippen LogP contribution in [0.15, 0.2) is 18.3 Å². The lowest BCUT2D eigenvalue weighted by Gasteiger charge is -2.31. The second kappa shape index (κ2) is 6.01. The van der Waals surface area contributed by atoms with Gasteiger partial charge in [0.1, 0.15) is 0 Å². The molecule has 1 atom stereocenters. The summed E-state index contributed by atoms with van der Waals surface area (Å²) < 4.78 is 0. The number of anilines is 1. The molecule has 3 nitrogen and oxygen atoms in total. The van der Waals surface area contributed by atoms with Crippen molar-refractivity contribution < 1.29 is 0 Å². The van der Waals surface area contributed by atoms with Crippen LogP contribution in [0, 0.1) is 6.92 Å². The molecule has 1 N–H and O–H groups in total. The predicted octanol–water partition coefficient (Wildman–Crippen LogP) is 2.36. The van der Waals surface area contributed by atoms with Gasteiger partial charge in [0.15, 0.2) is 0 Å². The van der Waals surface area contributed by atoms with E-state index in [1.54, 1.807) is 0 Å². The van der Waals surface area contributed by atoms with Gasteiger partial charge in [-0.2, -0.15) is 0 Å². The third kappa shape index (κ3) is 3.43. The summed E-state index contributed by atoms with van der Waals surface area (Å²) in [5.74, 6) is 0. The van der Waals surface area contributed by atoms with E-state index < -0.39 is 0 Å². The Labute approximate surface area is 104 Å². The van der Waals surface area contributed by atoms with Crippen LogP contribution in [0.1, 0.15) is 31.9 Å². The second-order valence-electron chi connectivity index (χ2n) is 4.84. The number of piperidine rings is 1. The fraction of sp³-hybridized carbons (Fsp3) is 0.643. The average Bonchev–Trinajstić information content (AvgIpc) is 2.37. The highest BCUT2D eigenvalue weighted by molar-refractivity contribution is 5.46. The maximum atomic E-state index is 4.26. The molecule has 17 heavy (non-hydrogen) atoms. The highest BCUT2D eigenvalue weighted by Gasteiger charge is 2.16. The molecule has 1 aliphatic heterocycles. The zero-order chi connectivity index (χ0) is 12.1. The fourth-order valence-corrected chi connectivity index (χ4v) is 2.49. The number of nitrogens with one attached hydrogen (secondary N) is 1. The Morgan fingerprint density at radius 2 is 2.35 bits per heavy atom. The Morgan fingerprint density at radius 3 is 3.00 bits per heavy atom. The molecule has 0 saturated carbocycles. The van der Waals surface area contributed by atoms with Crippen LogP contribution in [0.2, 0.25) is 0 Å². The quantitative estimate of drug-likeness (QED) is 0.865. The summed E-state index contributed by atoms with van der Waals surface area (Å²) in [6.07, 6.45) is 5.91. The molecule has 0 amide bonds. The third-order valence-corrected chi connectivity index (χ3v) is 3.48. The molecular weight excluding hydrogens is 210 g/mol. The topological polar surface area (TPSA) is 28.2 Å². The lowest BCUT2D eigenvalue weighted by atomic mass is 10.0. The minimum atomic E-state index is 0.650. The summed E-state index contributed by atoms with van der Waals surface area (Å²) in [6, 6.07) is 4.93. The molecular formula is C14H23N3. The molecule has 1 fully saturated rings. The number of pyridine rings is 1. The number of hydrogen-bond donors (Lipinski definition) is 1. The van der Waals surface area contributed by atoms with Crippen LogP contribution in [0.5, 0.6) is 0 Å². The molecule has 94 valence electrons. The van der Waals surface area contributed by atoms with E-state index in [4.69, 9.17) is 0 Å². The maximum absolute atomic E-state index is 4.26. The largest absolute Gasteiger partial charge is 0.370 e. The molecule has 1 aromatic rings. The summed E-state index contributed by atoms with van der Waals surface area (Å²) in [5, 5.41) is 3.61. The van der Waals surface area contributed by atoms with Gasteiger partial charge in [-0.15, -0.1) is 0 Å². The fourth-order valence-electron chi connectivity index (χ4n) is 2.49. The van der Waals surface area contributed by atoms with Crippen molar-refractivity contribution in [1.29, 1.82) is 0 Å². The van der Waals surface area contributed by atoms with Crippen molar-refractivity contribution in [3.05, 3.63) is 24.0 Å². The first-order chi connectivity index (χ1) is 8.29. The first-order valence-corrected chi connectivity index (χ1v) is 6.70. The van der Waals surface area contributed by atoms with Crippen molar-refractivity contribution in [2.24, 2.45) is 0 Å². The van der Waals surface area contributed by atoms with Crippen LogP contribution in [-0.4, -0.2) is 30.7 Å². The van der Waals surface area contributed by atoms with Gasteiger partial charge in [0.2, 0.25) is 0 Å². The summed E-state index contributed by atoms with van der Waals surface area (Å²) >= 11 is 0. The Kier molecular flexibility index (Phi) is 4.37. The second-order valence-corrected chi connectivity index (χ2v) is 4.84. The van der Waals surface area contributed by atoms with Gasteiger partial charge in [0.25, 0.3) is 0 Å². The summed E-state index contributed by atoms with van der Waals surface area (Å²) in [5.41, 5.74) is 2.39. The lowest BCUT2D eigenvalue weighted by molar-refractivity contribution is 0.400. The standard InChI is InChI=1S/C14H23N3/c1-3-17(11-13-6-4-5-8-16-13)14-7-9-15-12(2)10-14/h7,9-10,13,16H,3-6,8,11H2,1-2H3. The number of aryl methyl sites for hydroxylation is 1. The van der Waals surface area contributed by atoms with E-state index in [-0.39, 0.29) is 0 Å². The molecule has 0 aliphatic carbocycles. The van der Waals surface area contributed by atoms with E-state index in [2.05, 4.69) is 41.2 Å². The highest BCUT2D eigenvalue weighted by atomic mass is 15.2. The van der Waals surface area contributed by atoms with Crippen molar-refractivity contribution in [2.75, 3.05) is 24.5 Å². The third-order valence-electron chi connectivity index (χ3n) is 3.48. The Morgan fingerprint density at radius 1 is 1.47 bits per heavy atom. The molecule has 0 radical (unpaired) electrons. The van der Waals surface area contributed by atoms with E-state index in [0.29, 0.717) is 6.04 Å². The van der Waals surface area contributed by atoms with Gasteiger partial charge in [-0.25, -0.2) is 0 Å². The monoisotopic (exact) mass is 233 g/mol. The van der Waals surface area contributed by atoms with Crippen molar-refractivity contribution in [1.82, 2.24) is 10.3 Å². The van der Waals surface area contributed by atoms with Crippen molar-refractivity contribution in [3.8, 4) is 0 Å². The summed E-state index contributed by atoms with van der Waals surface area (Å²) in [6.45, 7) is 7.62. The van der Waals surface area contributed by atoms with E-state index >= 15 is 0 Å². The van der Waals surface area contributed by atoms with Gasteiger partial charge < -0.3 is 10.2 Å². The number of hydrogen-bond acceptors (Lipinski definition) is 3. The number of nitrogens with zero attached hydrogens (tertiary/aromatic N) is 2. The minimum absolute atomic E-state index is 0.650. The highest BCUT2D eigenvalue weighted by Crippen LogP contribution is 2.16. The zero-order valence-electron chi connectivity index (χ0n) is 10.9. The summed E-state index contributed by atoms with van der Waals surface area (Å²) in [7, 11) is 0. The molecule has 0 bridgehead atoms. The number of rotatable bonds is 4. The van der Waals surface area contributed by atoms with E-state index in [1.807, 2.05) is 6.20 Å². The van der Waals surface area contributed by atoms with Gasteiger partial charge in [-0.05, 0) is 45.4 Å². The van der Waals surface area contributed by atoms with Crippen molar-refractivity contribution in [3.63, 3.8) is 0 Å². The van der Waals surface area contributed by atoms with Crippen LogP contribution < -0.4 is 10.2 Å².